The van der Waals surface area contributed by atoms with E-state index in [4.69, 9.17) is 4.74 Å². The average molecular weight is 443 g/mol. The molecule has 172 valence electrons. The lowest BCUT2D eigenvalue weighted by Gasteiger charge is -2.36. The number of aryl methyl sites for hydroxylation is 1. The molecular formula is C29H34N2O2. The standard InChI is InChI=1S/C29H34N2O2/c1-23-12-14-26(15-13-23)31-20-18-30(19-21-31)17-16-27-22-29(28(32)33-27,24-8-4-2-5-9-24)25-10-6-3-7-11-25/h2-15,27-28,32H,16-22H2,1H3. The van der Waals surface area contributed by atoms with E-state index in [9.17, 15) is 5.11 Å². The maximum absolute atomic E-state index is 11.2. The van der Waals surface area contributed by atoms with Crippen LogP contribution < -0.4 is 4.90 Å². The van der Waals surface area contributed by atoms with Crippen LogP contribution in [0.2, 0.25) is 0 Å². The number of nitrogens with zero attached hydrogens (tertiary/aromatic N) is 2. The first-order chi connectivity index (χ1) is 16.1. The Labute approximate surface area is 197 Å². The molecule has 2 aliphatic heterocycles. The molecule has 3 aromatic carbocycles. The molecule has 0 bridgehead atoms. The number of aliphatic hydroxyl groups is 1. The van der Waals surface area contributed by atoms with Crippen molar-refractivity contribution in [3.63, 3.8) is 0 Å². The highest BCUT2D eigenvalue weighted by Crippen LogP contribution is 2.46. The Balaban J connectivity index is 1.22. The van der Waals surface area contributed by atoms with Gasteiger partial charge in [-0.1, -0.05) is 78.4 Å². The smallest absolute Gasteiger partial charge is 0.168 e. The van der Waals surface area contributed by atoms with Gasteiger partial charge in [0.25, 0.3) is 0 Å². The molecule has 2 aliphatic rings. The van der Waals surface area contributed by atoms with Crippen LogP contribution in [0.1, 0.15) is 29.5 Å². The van der Waals surface area contributed by atoms with Crippen LogP contribution in [0.3, 0.4) is 0 Å². The average Bonchev–Trinajstić information content (AvgIpc) is 3.22. The summed E-state index contributed by atoms with van der Waals surface area (Å²) in [6.07, 6.45) is 0.926. The second-order valence-electron chi connectivity index (χ2n) is 9.47. The monoisotopic (exact) mass is 442 g/mol. The van der Waals surface area contributed by atoms with Crippen LogP contribution in [0.25, 0.3) is 0 Å². The van der Waals surface area contributed by atoms with Gasteiger partial charge in [-0.15, -0.1) is 0 Å². The Morgan fingerprint density at radius 1 is 0.818 bits per heavy atom. The fourth-order valence-electron chi connectivity index (χ4n) is 5.45. The third kappa shape index (κ3) is 4.56. The van der Waals surface area contributed by atoms with Crippen molar-refractivity contribution < 1.29 is 9.84 Å². The Morgan fingerprint density at radius 2 is 1.39 bits per heavy atom. The van der Waals surface area contributed by atoms with Gasteiger partial charge in [-0.25, -0.2) is 0 Å². The number of hydrogen-bond donors (Lipinski definition) is 1. The van der Waals surface area contributed by atoms with Gasteiger partial charge in [0, 0.05) is 38.4 Å². The zero-order chi connectivity index (χ0) is 22.7. The topological polar surface area (TPSA) is 35.9 Å². The zero-order valence-corrected chi connectivity index (χ0v) is 19.4. The fourth-order valence-corrected chi connectivity index (χ4v) is 5.45. The molecule has 0 spiro atoms. The van der Waals surface area contributed by atoms with E-state index >= 15 is 0 Å². The van der Waals surface area contributed by atoms with Gasteiger partial charge >= 0.3 is 0 Å². The number of ether oxygens (including phenoxy) is 1. The van der Waals surface area contributed by atoms with E-state index in [2.05, 4.69) is 65.3 Å². The minimum atomic E-state index is -0.842. The summed E-state index contributed by atoms with van der Waals surface area (Å²) < 4.78 is 6.20. The van der Waals surface area contributed by atoms with Crippen LogP contribution in [-0.2, 0) is 10.2 Å². The van der Waals surface area contributed by atoms with E-state index in [1.165, 1.54) is 11.3 Å². The molecule has 2 atom stereocenters. The highest BCUT2D eigenvalue weighted by Gasteiger charge is 2.50. The van der Waals surface area contributed by atoms with Gasteiger partial charge in [0.05, 0.1) is 11.5 Å². The molecular weight excluding hydrogens is 408 g/mol. The molecule has 5 rings (SSSR count). The molecule has 33 heavy (non-hydrogen) atoms. The largest absolute Gasteiger partial charge is 0.369 e. The highest BCUT2D eigenvalue weighted by molar-refractivity contribution is 5.48. The molecule has 0 aromatic heterocycles. The lowest BCUT2D eigenvalue weighted by molar-refractivity contribution is -0.112. The maximum Gasteiger partial charge on any atom is 0.168 e. The maximum atomic E-state index is 11.2. The normalized spacial score (nSPS) is 23.0. The van der Waals surface area contributed by atoms with E-state index < -0.39 is 11.7 Å². The second-order valence-corrected chi connectivity index (χ2v) is 9.47. The molecule has 0 saturated carbocycles. The Bertz CT molecular complexity index is 975. The quantitative estimate of drug-likeness (QED) is 0.605. The number of aliphatic hydroxyl groups excluding tert-OH is 1. The molecule has 0 aliphatic carbocycles. The van der Waals surface area contributed by atoms with Crippen molar-refractivity contribution >= 4 is 5.69 Å². The van der Waals surface area contributed by atoms with Crippen LogP contribution in [0.5, 0.6) is 0 Å². The van der Waals surface area contributed by atoms with Crippen molar-refractivity contribution in [1.82, 2.24) is 4.90 Å². The molecule has 0 amide bonds. The predicted molar refractivity (Wildman–Crippen MR) is 134 cm³/mol. The van der Waals surface area contributed by atoms with E-state index in [0.717, 1.165) is 56.7 Å². The minimum absolute atomic E-state index is 0.0375. The highest BCUT2D eigenvalue weighted by atomic mass is 16.6. The van der Waals surface area contributed by atoms with E-state index in [1.54, 1.807) is 0 Å². The van der Waals surface area contributed by atoms with Gasteiger partial charge in [0.2, 0.25) is 0 Å². The molecule has 2 saturated heterocycles. The summed E-state index contributed by atoms with van der Waals surface area (Å²) in [5.41, 5.74) is 4.35. The van der Waals surface area contributed by atoms with Gasteiger partial charge in [-0.2, -0.15) is 0 Å². The molecule has 2 fully saturated rings. The Kier molecular flexibility index (Phi) is 6.50. The first-order valence-corrected chi connectivity index (χ1v) is 12.1. The number of hydrogen-bond acceptors (Lipinski definition) is 4. The first-order valence-electron chi connectivity index (χ1n) is 12.1. The van der Waals surface area contributed by atoms with E-state index in [1.807, 2.05) is 36.4 Å². The number of benzene rings is 3. The summed E-state index contributed by atoms with van der Waals surface area (Å²) in [5, 5.41) is 11.2. The summed E-state index contributed by atoms with van der Waals surface area (Å²) in [4.78, 5) is 5.01. The van der Waals surface area contributed by atoms with Crippen molar-refractivity contribution in [3.8, 4) is 0 Å². The number of anilines is 1. The fraction of sp³-hybridized carbons (Fsp3) is 0.379. The van der Waals surface area contributed by atoms with Crippen molar-refractivity contribution in [2.45, 2.75) is 37.6 Å². The summed E-state index contributed by atoms with van der Waals surface area (Å²) in [6.45, 7) is 7.36. The molecule has 1 N–H and O–H groups in total. The Hall–Kier alpha value is -2.66. The first kappa shape index (κ1) is 22.1. The predicted octanol–water partition coefficient (Wildman–Crippen LogP) is 4.60. The number of rotatable bonds is 6. The number of piperazine rings is 1. The second kappa shape index (κ2) is 9.68. The van der Waals surface area contributed by atoms with Gasteiger partial charge in [0.1, 0.15) is 0 Å². The van der Waals surface area contributed by atoms with E-state index in [0.29, 0.717) is 0 Å². The van der Waals surface area contributed by atoms with Crippen molar-refractivity contribution in [2.75, 3.05) is 37.6 Å². The molecule has 0 radical (unpaired) electrons. The van der Waals surface area contributed by atoms with Crippen molar-refractivity contribution in [1.29, 1.82) is 0 Å². The van der Waals surface area contributed by atoms with Gasteiger partial charge in [0.15, 0.2) is 6.29 Å². The van der Waals surface area contributed by atoms with Crippen LogP contribution in [0.4, 0.5) is 5.69 Å². The lowest BCUT2D eigenvalue weighted by atomic mass is 9.71. The van der Waals surface area contributed by atoms with Gasteiger partial charge in [-0.3, -0.25) is 4.90 Å². The van der Waals surface area contributed by atoms with E-state index in [-0.39, 0.29) is 6.10 Å². The van der Waals surface area contributed by atoms with Crippen LogP contribution in [0.15, 0.2) is 84.9 Å². The summed E-state index contributed by atoms with van der Waals surface area (Å²) >= 11 is 0. The van der Waals surface area contributed by atoms with Crippen LogP contribution in [0, 0.1) is 6.92 Å². The van der Waals surface area contributed by atoms with Crippen molar-refractivity contribution in [3.05, 3.63) is 102 Å². The minimum Gasteiger partial charge on any atom is -0.369 e. The van der Waals surface area contributed by atoms with Crippen molar-refractivity contribution in [2.24, 2.45) is 0 Å². The molecule has 4 heteroatoms. The Morgan fingerprint density at radius 3 is 1.97 bits per heavy atom. The SMILES string of the molecule is Cc1ccc(N2CCN(CCC3CC(c4ccccc4)(c4ccccc4)C(O)O3)CC2)cc1. The van der Waals surface area contributed by atoms with Gasteiger partial charge < -0.3 is 14.7 Å². The third-order valence-corrected chi connectivity index (χ3v) is 7.41. The zero-order valence-electron chi connectivity index (χ0n) is 19.4. The molecule has 3 aromatic rings. The summed E-state index contributed by atoms with van der Waals surface area (Å²) in [6, 6.07) is 29.6. The molecule has 2 unspecified atom stereocenters. The van der Waals surface area contributed by atoms with Crippen LogP contribution in [-0.4, -0.2) is 55.1 Å². The summed E-state index contributed by atoms with van der Waals surface area (Å²) in [7, 11) is 0. The molecule has 4 nitrogen and oxygen atoms in total. The van der Waals surface area contributed by atoms with Gasteiger partial charge in [-0.05, 0) is 43.0 Å². The van der Waals surface area contributed by atoms with Crippen LogP contribution >= 0.6 is 0 Å². The molecule has 2 heterocycles. The summed E-state index contributed by atoms with van der Waals surface area (Å²) in [5.74, 6) is 0. The lowest BCUT2D eigenvalue weighted by Crippen LogP contribution is -2.47. The third-order valence-electron chi connectivity index (χ3n) is 7.41.